The maximum absolute atomic E-state index is 3.31. The summed E-state index contributed by atoms with van der Waals surface area (Å²) >= 11 is 0. The Morgan fingerprint density at radius 3 is 2.36 bits per heavy atom. The first kappa shape index (κ1) is 9.72. The Morgan fingerprint density at radius 1 is 1.29 bits per heavy atom. The molecule has 1 aromatic rings. The van der Waals surface area contributed by atoms with E-state index in [-0.39, 0.29) is 0 Å². The fourth-order valence-electron chi connectivity index (χ4n) is 1.86. The number of hydrogen-bond donors (Lipinski definition) is 1. The first-order chi connectivity index (χ1) is 6.81. The van der Waals surface area contributed by atoms with Crippen LogP contribution >= 0.6 is 0 Å². The van der Waals surface area contributed by atoms with E-state index in [0.717, 1.165) is 19.0 Å². The van der Waals surface area contributed by atoms with E-state index in [0.29, 0.717) is 5.92 Å². The zero-order chi connectivity index (χ0) is 9.97. The van der Waals surface area contributed by atoms with Gasteiger partial charge in [0.1, 0.15) is 0 Å². The van der Waals surface area contributed by atoms with Gasteiger partial charge in [-0.1, -0.05) is 38.1 Å². The molecule has 1 heteroatoms. The molecule has 0 saturated carbocycles. The van der Waals surface area contributed by atoms with Crippen molar-refractivity contribution in [3.8, 4) is 0 Å². The van der Waals surface area contributed by atoms with Gasteiger partial charge in [0.25, 0.3) is 0 Å². The fraction of sp³-hybridized carbons (Fsp3) is 0.538. The van der Waals surface area contributed by atoms with Crippen molar-refractivity contribution in [1.29, 1.82) is 0 Å². The van der Waals surface area contributed by atoms with Gasteiger partial charge in [-0.15, -0.1) is 0 Å². The second-order valence-electron chi connectivity index (χ2n) is 4.33. The molecule has 0 aliphatic carbocycles. The summed E-state index contributed by atoms with van der Waals surface area (Å²) in [5.41, 5.74) is 2.97. The Balaban J connectivity index is 2.09. The van der Waals surface area contributed by atoms with Gasteiger partial charge in [0, 0.05) is 19.0 Å². The molecule has 1 saturated heterocycles. The SMILES string of the molecule is CCC(C)c1ccc(C2CNC2)cc1. The summed E-state index contributed by atoms with van der Waals surface area (Å²) in [6, 6.07) is 9.18. The smallest absolute Gasteiger partial charge is 0.00885 e. The van der Waals surface area contributed by atoms with Crippen molar-refractivity contribution in [3.05, 3.63) is 35.4 Å². The average molecular weight is 189 g/mol. The van der Waals surface area contributed by atoms with Gasteiger partial charge in [0.15, 0.2) is 0 Å². The molecule has 1 aliphatic heterocycles. The molecule has 1 nitrogen and oxygen atoms in total. The van der Waals surface area contributed by atoms with E-state index < -0.39 is 0 Å². The Morgan fingerprint density at radius 2 is 1.93 bits per heavy atom. The molecule has 0 radical (unpaired) electrons. The van der Waals surface area contributed by atoms with Gasteiger partial charge < -0.3 is 5.32 Å². The van der Waals surface area contributed by atoms with E-state index in [9.17, 15) is 0 Å². The van der Waals surface area contributed by atoms with Crippen molar-refractivity contribution < 1.29 is 0 Å². The van der Waals surface area contributed by atoms with E-state index in [1.54, 1.807) is 0 Å². The highest BCUT2D eigenvalue weighted by atomic mass is 14.9. The molecule has 0 spiro atoms. The first-order valence-electron chi connectivity index (χ1n) is 5.62. The van der Waals surface area contributed by atoms with Crippen LogP contribution in [0.4, 0.5) is 0 Å². The molecule has 76 valence electrons. The highest BCUT2D eigenvalue weighted by Gasteiger charge is 2.18. The van der Waals surface area contributed by atoms with Crippen molar-refractivity contribution in [3.63, 3.8) is 0 Å². The van der Waals surface area contributed by atoms with Gasteiger partial charge in [0.05, 0.1) is 0 Å². The second kappa shape index (κ2) is 4.14. The average Bonchev–Trinajstić information content (AvgIpc) is 2.15. The number of benzene rings is 1. The van der Waals surface area contributed by atoms with Crippen molar-refractivity contribution in [2.45, 2.75) is 32.1 Å². The fourth-order valence-corrected chi connectivity index (χ4v) is 1.86. The van der Waals surface area contributed by atoms with Crippen LogP contribution in [0.1, 0.15) is 43.2 Å². The van der Waals surface area contributed by atoms with E-state index >= 15 is 0 Å². The third-order valence-electron chi connectivity index (χ3n) is 3.37. The summed E-state index contributed by atoms with van der Waals surface area (Å²) in [4.78, 5) is 0. The lowest BCUT2D eigenvalue weighted by Crippen LogP contribution is -2.39. The summed E-state index contributed by atoms with van der Waals surface area (Å²) in [7, 11) is 0. The third-order valence-corrected chi connectivity index (χ3v) is 3.37. The zero-order valence-corrected chi connectivity index (χ0v) is 9.09. The first-order valence-corrected chi connectivity index (χ1v) is 5.62. The van der Waals surface area contributed by atoms with Crippen LogP contribution in [0.5, 0.6) is 0 Å². The Kier molecular flexibility index (Phi) is 2.87. The second-order valence-corrected chi connectivity index (χ2v) is 4.33. The number of hydrogen-bond acceptors (Lipinski definition) is 1. The van der Waals surface area contributed by atoms with E-state index in [1.165, 1.54) is 17.5 Å². The highest BCUT2D eigenvalue weighted by molar-refractivity contribution is 5.29. The molecule has 0 bridgehead atoms. The van der Waals surface area contributed by atoms with Crippen LogP contribution in [-0.4, -0.2) is 13.1 Å². The van der Waals surface area contributed by atoms with Crippen LogP contribution in [-0.2, 0) is 0 Å². The van der Waals surface area contributed by atoms with Gasteiger partial charge in [-0.25, -0.2) is 0 Å². The lowest BCUT2D eigenvalue weighted by atomic mass is 9.90. The van der Waals surface area contributed by atoms with Crippen molar-refractivity contribution in [2.75, 3.05) is 13.1 Å². The normalized spacial score (nSPS) is 19.0. The molecule has 2 rings (SSSR count). The standard InChI is InChI=1S/C13H19N/c1-3-10(2)11-4-6-12(7-5-11)13-8-14-9-13/h4-7,10,13-14H,3,8-9H2,1-2H3. The Bertz CT molecular complexity index is 261. The summed E-state index contributed by atoms with van der Waals surface area (Å²) in [6.45, 7) is 6.85. The molecule has 14 heavy (non-hydrogen) atoms. The third kappa shape index (κ3) is 1.83. The minimum absolute atomic E-state index is 0.698. The van der Waals surface area contributed by atoms with Crippen LogP contribution in [0.15, 0.2) is 24.3 Å². The summed E-state index contributed by atoms with van der Waals surface area (Å²) in [5, 5.41) is 3.31. The van der Waals surface area contributed by atoms with Gasteiger partial charge >= 0.3 is 0 Å². The predicted molar refractivity (Wildman–Crippen MR) is 60.8 cm³/mol. The number of nitrogens with one attached hydrogen (secondary N) is 1. The van der Waals surface area contributed by atoms with Gasteiger partial charge in [0.2, 0.25) is 0 Å². The molecule has 0 amide bonds. The van der Waals surface area contributed by atoms with E-state index in [2.05, 4.69) is 43.4 Å². The van der Waals surface area contributed by atoms with Gasteiger partial charge in [-0.05, 0) is 23.5 Å². The minimum atomic E-state index is 0.698. The minimum Gasteiger partial charge on any atom is -0.315 e. The summed E-state index contributed by atoms with van der Waals surface area (Å²) in [5.74, 6) is 1.46. The van der Waals surface area contributed by atoms with E-state index in [1.807, 2.05) is 0 Å². The summed E-state index contributed by atoms with van der Waals surface area (Å²) < 4.78 is 0. The summed E-state index contributed by atoms with van der Waals surface area (Å²) in [6.07, 6.45) is 1.23. The molecular weight excluding hydrogens is 170 g/mol. The Hall–Kier alpha value is -0.820. The van der Waals surface area contributed by atoms with E-state index in [4.69, 9.17) is 0 Å². The monoisotopic (exact) mass is 189 g/mol. The maximum atomic E-state index is 3.31. The van der Waals surface area contributed by atoms with Crippen LogP contribution < -0.4 is 5.32 Å². The molecule has 1 aromatic carbocycles. The molecular formula is C13H19N. The van der Waals surface area contributed by atoms with Gasteiger partial charge in [-0.3, -0.25) is 0 Å². The van der Waals surface area contributed by atoms with Crippen LogP contribution in [0.3, 0.4) is 0 Å². The van der Waals surface area contributed by atoms with Gasteiger partial charge in [-0.2, -0.15) is 0 Å². The van der Waals surface area contributed by atoms with Crippen molar-refractivity contribution >= 4 is 0 Å². The van der Waals surface area contributed by atoms with Crippen molar-refractivity contribution in [2.24, 2.45) is 0 Å². The maximum Gasteiger partial charge on any atom is 0.00885 e. The Labute approximate surface area is 86.5 Å². The topological polar surface area (TPSA) is 12.0 Å². The van der Waals surface area contributed by atoms with Crippen molar-refractivity contribution in [1.82, 2.24) is 5.32 Å². The molecule has 1 unspecified atom stereocenters. The highest BCUT2D eigenvalue weighted by Crippen LogP contribution is 2.23. The zero-order valence-electron chi connectivity index (χ0n) is 9.09. The number of rotatable bonds is 3. The van der Waals surface area contributed by atoms with Crippen LogP contribution in [0, 0.1) is 0 Å². The predicted octanol–water partition coefficient (Wildman–Crippen LogP) is 2.89. The molecule has 1 heterocycles. The molecule has 0 aromatic heterocycles. The lowest BCUT2D eigenvalue weighted by Gasteiger charge is -2.27. The quantitative estimate of drug-likeness (QED) is 0.771. The molecule has 1 aliphatic rings. The molecule has 1 N–H and O–H groups in total. The molecule has 1 atom stereocenters. The van der Waals surface area contributed by atoms with Crippen LogP contribution in [0.25, 0.3) is 0 Å². The lowest BCUT2D eigenvalue weighted by molar-refractivity contribution is 0.448. The van der Waals surface area contributed by atoms with Crippen LogP contribution in [0.2, 0.25) is 0 Å². The molecule has 1 fully saturated rings. The largest absolute Gasteiger partial charge is 0.315 e.